The zero-order valence-electron chi connectivity index (χ0n) is 16.7. The molecule has 4 rings (SSSR count). The van der Waals surface area contributed by atoms with Crippen molar-refractivity contribution in [3.63, 3.8) is 0 Å². The Labute approximate surface area is 228 Å². The summed E-state index contributed by atoms with van der Waals surface area (Å²) in [5.74, 6) is 1.36. The Morgan fingerprint density at radius 1 is 1.10 bits per heavy atom. The van der Waals surface area contributed by atoms with Crippen LogP contribution in [0.1, 0.15) is 31.7 Å². The number of benzene rings is 2. The first-order valence-electron chi connectivity index (χ1n) is 10.1. The molecule has 31 heavy (non-hydrogen) atoms. The summed E-state index contributed by atoms with van der Waals surface area (Å²) in [6.07, 6.45) is 2.63. The van der Waals surface area contributed by atoms with Gasteiger partial charge >= 0.3 is 51.4 Å². The summed E-state index contributed by atoms with van der Waals surface area (Å²) in [6, 6.07) is 15.6. The Balaban J connectivity index is 0.00000272. The fourth-order valence-electron chi connectivity index (χ4n) is 3.52. The second-order valence-corrected chi connectivity index (χ2v) is 7.68. The van der Waals surface area contributed by atoms with Gasteiger partial charge in [-0.1, -0.05) is 73.5 Å². The summed E-state index contributed by atoms with van der Waals surface area (Å²) in [6.45, 7) is 2.12. The number of rotatable bonds is 8. The molecule has 0 amide bonds. The summed E-state index contributed by atoms with van der Waals surface area (Å²) in [5.41, 5.74) is 4.00. The average molecular weight is 463 g/mol. The van der Waals surface area contributed by atoms with Gasteiger partial charge in [-0.25, -0.2) is 10.1 Å². The molecule has 0 saturated carbocycles. The van der Waals surface area contributed by atoms with Crippen molar-refractivity contribution in [3.8, 4) is 22.5 Å². The number of hydrogen-bond donors (Lipinski definition) is 2. The summed E-state index contributed by atoms with van der Waals surface area (Å²) in [7, 11) is 0. The molecule has 0 aliphatic carbocycles. The van der Waals surface area contributed by atoms with Gasteiger partial charge in [-0.3, -0.25) is 4.99 Å². The molecule has 0 fully saturated rings. The van der Waals surface area contributed by atoms with Gasteiger partial charge in [0.2, 0.25) is 0 Å². The molecule has 9 heteroatoms. The number of aromatic nitrogens is 4. The second kappa shape index (κ2) is 11.6. The van der Waals surface area contributed by atoms with E-state index in [9.17, 15) is 5.11 Å². The second-order valence-electron chi connectivity index (χ2n) is 7.29. The van der Waals surface area contributed by atoms with E-state index in [4.69, 9.17) is 11.6 Å². The van der Waals surface area contributed by atoms with Crippen molar-refractivity contribution in [2.24, 2.45) is 9.98 Å². The van der Waals surface area contributed by atoms with E-state index < -0.39 is 12.1 Å². The van der Waals surface area contributed by atoms with Crippen LogP contribution in [-0.4, -0.2) is 100 Å². The predicted octanol–water partition coefficient (Wildman–Crippen LogP) is 3.40. The average Bonchev–Trinajstić information content (AvgIpc) is 3.43. The van der Waals surface area contributed by atoms with Gasteiger partial charge in [0.25, 0.3) is 0 Å². The number of tetrazole rings is 1. The molecular weight excluding hydrogens is 439 g/mol. The monoisotopic (exact) mass is 462 g/mol. The van der Waals surface area contributed by atoms with Crippen LogP contribution < -0.4 is 0 Å². The maximum absolute atomic E-state index is 10.7. The fraction of sp³-hybridized carbons (Fsp3) is 0.318. The number of unbranched alkanes of at least 4 members (excludes halogenated alkanes) is 1. The summed E-state index contributed by atoms with van der Waals surface area (Å²) in [5, 5.41) is 25.2. The van der Waals surface area contributed by atoms with Crippen molar-refractivity contribution < 1.29 is 5.11 Å². The number of H-pyrrole nitrogens is 1. The maximum atomic E-state index is 10.7. The first-order valence-corrected chi connectivity index (χ1v) is 10.4. The first kappa shape index (κ1) is 24.4. The Bertz CT molecular complexity index is 1050. The SMILES string of the molecule is CCCCC1=NC(C(O)Cc2ccc(-c3ccccc3-c3nnn[nH]3)cc2)C(Cl)=N1.[KH]. The third-order valence-electron chi connectivity index (χ3n) is 5.12. The Morgan fingerprint density at radius 2 is 1.84 bits per heavy atom. The molecule has 2 heterocycles. The standard InChI is InChI=1S/C22H23ClN6O.K.H/c1-2-3-8-19-24-20(21(23)25-19)18(30)13-14-9-11-15(12-10-14)16-6-4-5-7-17(16)22-26-28-29-27-22;;/h4-7,9-12,18,20,30H,2-3,8,13H2,1H3,(H,26,27,28,29);;. The number of aromatic amines is 1. The van der Waals surface area contributed by atoms with Gasteiger partial charge in [-0.15, -0.1) is 5.10 Å². The number of nitrogens with zero attached hydrogens (tertiary/aromatic N) is 5. The van der Waals surface area contributed by atoms with E-state index in [0.29, 0.717) is 17.4 Å². The number of nitrogens with one attached hydrogen (secondary N) is 1. The van der Waals surface area contributed by atoms with Gasteiger partial charge < -0.3 is 5.11 Å². The summed E-state index contributed by atoms with van der Waals surface area (Å²) < 4.78 is 0. The summed E-state index contributed by atoms with van der Waals surface area (Å²) in [4.78, 5) is 8.83. The molecule has 0 spiro atoms. The topological polar surface area (TPSA) is 99.4 Å². The zero-order valence-corrected chi connectivity index (χ0v) is 17.4. The van der Waals surface area contributed by atoms with Gasteiger partial charge in [-0.05, 0) is 33.5 Å². The summed E-state index contributed by atoms with van der Waals surface area (Å²) >= 11 is 6.24. The van der Waals surface area contributed by atoms with Crippen LogP contribution in [0, 0.1) is 0 Å². The Morgan fingerprint density at radius 3 is 2.52 bits per heavy atom. The van der Waals surface area contributed by atoms with Crippen molar-refractivity contribution in [1.82, 2.24) is 20.6 Å². The van der Waals surface area contributed by atoms with Gasteiger partial charge in [0.05, 0.1) is 6.10 Å². The van der Waals surface area contributed by atoms with Crippen LogP contribution in [-0.2, 0) is 6.42 Å². The molecule has 2 unspecified atom stereocenters. The number of halogens is 1. The molecule has 0 bridgehead atoms. The number of aliphatic imine (C=N–C) groups is 2. The van der Waals surface area contributed by atoms with Gasteiger partial charge in [0, 0.05) is 18.4 Å². The van der Waals surface area contributed by atoms with E-state index in [1.807, 2.05) is 48.5 Å². The number of aliphatic hydroxyl groups excluding tert-OH is 1. The van der Waals surface area contributed by atoms with Crippen LogP contribution in [0.5, 0.6) is 0 Å². The fourth-order valence-corrected chi connectivity index (χ4v) is 3.81. The first-order chi connectivity index (χ1) is 14.7. The third kappa shape index (κ3) is 5.95. The molecule has 2 atom stereocenters. The quantitative estimate of drug-likeness (QED) is 0.501. The molecule has 2 N–H and O–H groups in total. The minimum absolute atomic E-state index is 0. The third-order valence-corrected chi connectivity index (χ3v) is 5.43. The van der Waals surface area contributed by atoms with E-state index in [0.717, 1.165) is 47.4 Å². The van der Waals surface area contributed by atoms with Crippen LogP contribution in [0.2, 0.25) is 0 Å². The van der Waals surface area contributed by atoms with Crippen LogP contribution in [0.15, 0.2) is 58.5 Å². The normalized spacial score (nSPS) is 16.4. The van der Waals surface area contributed by atoms with Crippen molar-refractivity contribution >= 4 is 74.0 Å². The van der Waals surface area contributed by atoms with E-state index in [-0.39, 0.29) is 51.4 Å². The van der Waals surface area contributed by atoms with E-state index in [1.54, 1.807) is 0 Å². The van der Waals surface area contributed by atoms with Crippen molar-refractivity contribution in [1.29, 1.82) is 0 Å². The Hall–Kier alpha value is -1.26. The molecule has 1 aromatic heterocycles. The predicted molar refractivity (Wildman–Crippen MR) is 126 cm³/mol. The van der Waals surface area contributed by atoms with E-state index in [2.05, 4.69) is 37.5 Å². The van der Waals surface area contributed by atoms with Gasteiger partial charge in [-0.2, -0.15) is 0 Å². The van der Waals surface area contributed by atoms with Crippen LogP contribution in [0.4, 0.5) is 0 Å². The molecule has 1 aliphatic heterocycles. The molecule has 2 aromatic carbocycles. The molecule has 7 nitrogen and oxygen atoms in total. The number of hydrogen-bond acceptors (Lipinski definition) is 6. The van der Waals surface area contributed by atoms with Crippen molar-refractivity contribution in [2.75, 3.05) is 0 Å². The molecule has 0 radical (unpaired) electrons. The number of aliphatic hydroxyl groups is 1. The molecule has 1 aliphatic rings. The molecule has 0 saturated heterocycles. The van der Waals surface area contributed by atoms with E-state index >= 15 is 0 Å². The van der Waals surface area contributed by atoms with Crippen LogP contribution in [0.25, 0.3) is 22.5 Å². The van der Waals surface area contributed by atoms with Gasteiger partial charge in [0.15, 0.2) is 5.82 Å². The minimum atomic E-state index is -0.709. The van der Waals surface area contributed by atoms with Crippen molar-refractivity contribution in [3.05, 3.63) is 54.1 Å². The van der Waals surface area contributed by atoms with E-state index in [1.165, 1.54) is 0 Å². The van der Waals surface area contributed by atoms with Crippen LogP contribution >= 0.6 is 11.6 Å². The number of amidine groups is 1. The Kier molecular flexibility index (Phi) is 9.09. The van der Waals surface area contributed by atoms with Crippen LogP contribution in [0.3, 0.4) is 0 Å². The molecule has 156 valence electrons. The molecule has 3 aromatic rings. The zero-order chi connectivity index (χ0) is 20.9. The van der Waals surface area contributed by atoms with Gasteiger partial charge in [0.1, 0.15) is 17.0 Å². The molecular formula is C22H24ClKN6O. The van der Waals surface area contributed by atoms with Crippen molar-refractivity contribution in [2.45, 2.75) is 44.8 Å².